The quantitative estimate of drug-likeness (QED) is 0.299. The van der Waals surface area contributed by atoms with Gasteiger partial charge < -0.3 is 9.47 Å². The third-order valence-electron chi connectivity index (χ3n) is 3.04. The van der Waals surface area contributed by atoms with Gasteiger partial charge in [-0.05, 0) is 37.3 Å². The van der Waals surface area contributed by atoms with Gasteiger partial charge in [0.05, 0.1) is 18.1 Å². The van der Waals surface area contributed by atoms with Crippen LogP contribution >= 0.6 is 11.3 Å². The molecule has 1 aromatic heterocycles. The Kier molecular flexibility index (Phi) is 8.26. The van der Waals surface area contributed by atoms with Gasteiger partial charge in [0.25, 0.3) is 0 Å². The lowest BCUT2D eigenvalue weighted by molar-refractivity contribution is -0.159. The molecule has 0 bridgehead atoms. The smallest absolute Gasteiger partial charge is 0.324 e. The molecule has 0 saturated heterocycles. The number of rotatable bonds is 9. The number of carbonyl (C=O) groups excluding carboxylic acids is 3. The average Bonchev–Trinajstić information content (AvgIpc) is 3.02. The molecule has 0 aliphatic heterocycles. The number of ketones is 1. The molecule has 0 atom stereocenters. The van der Waals surface area contributed by atoms with Crippen LogP contribution < -0.4 is 0 Å². The van der Waals surface area contributed by atoms with Crippen molar-refractivity contribution in [1.82, 2.24) is 0 Å². The first-order valence-electron chi connectivity index (χ1n) is 7.63. The summed E-state index contributed by atoms with van der Waals surface area (Å²) in [5.41, 5.74) is 0.433. The van der Waals surface area contributed by atoms with Crippen LogP contribution in [-0.2, 0) is 19.1 Å². The standard InChI is InChI=1S/C17H22O5S/c1-4-8-12(11-13(18)14-9-7-10-23-14)15(16(19)21-5-2)17(20)22-6-3/h7-10,15H,4-6,11H2,1-3H3/b12-8+. The molecule has 1 aromatic rings. The topological polar surface area (TPSA) is 69.7 Å². The van der Waals surface area contributed by atoms with Crippen LogP contribution in [0.25, 0.3) is 0 Å². The van der Waals surface area contributed by atoms with Crippen molar-refractivity contribution < 1.29 is 23.9 Å². The van der Waals surface area contributed by atoms with Crippen LogP contribution in [-0.4, -0.2) is 30.9 Å². The van der Waals surface area contributed by atoms with Crippen LogP contribution in [0, 0.1) is 5.92 Å². The van der Waals surface area contributed by atoms with Gasteiger partial charge in [0.15, 0.2) is 11.7 Å². The van der Waals surface area contributed by atoms with E-state index in [0.717, 1.165) is 0 Å². The van der Waals surface area contributed by atoms with E-state index in [1.807, 2.05) is 12.3 Å². The first kappa shape index (κ1) is 19.1. The van der Waals surface area contributed by atoms with Gasteiger partial charge in [-0.15, -0.1) is 11.3 Å². The summed E-state index contributed by atoms with van der Waals surface area (Å²) in [4.78, 5) is 37.3. The van der Waals surface area contributed by atoms with Crippen molar-refractivity contribution in [2.24, 2.45) is 5.92 Å². The Balaban J connectivity index is 3.04. The van der Waals surface area contributed by atoms with E-state index in [4.69, 9.17) is 9.47 Å². The summed E-state index contributed by atoms with van der Waals surface area (Å²) >= 11 is 1.33. The molecule has 6 heteroatoms. The predicted octanol–water partition coefficient (Wildman–Crippen LogP) is 3.40. The molecular weight excluding hydrogens is 316 g/mol. The molecule has 0 spiro atoms. The maximum absolute atomic E-state index is 12.3. The zero-order chi connectivity index (χ0) is 17.2. The Morgan fingerprint density at radius 1 is 1.13 bits per heavy atom. The van der Waals surface area contributed by atoms with Gasteiger partial charge in [0, 0.05) is 6.42 Å². The van der Waals surface area contributed by atoms with Crippen LogP contribution in [0.3, 0.4) is 0 Å². The lowest BCUT2D eigenvalue weighted by Crippen LogP contribution is -2.30. The third kappa shape index (κ3) is 5.63. The molecule has 126 valence electrons. The number of thiophene rings is 1. The van der Waals surface area contributed by atoms with Gasteiger partial charge in [-0.2, -0.15) is 0 Å². The Morgan fingerprint density at radius 3 is 2.17 bits per heavy atom. The largest absolute Gasteiger partial charge is 0.465 e. The molecule has 0 amide bonds. The van der Waals surface area contributed by atoms with Gasteiger partial charge in [-0.1, -0.05) is 19.1 Å². The van der Waals surface area contributed by atoms with Gasteiger partial charge in [0.1, 0.15) is 0 Å². The minimum absolute atomic E-state index is 0.00332. The summed E-state index contributed by atoms with van der Waals surface area (Å²) in [5, 5.41) is 1.81. The fraction of sp³-hybridized carbons (Fsp3) is 0.471. The normalized spacial score (nSPS) is 11.4. The van der Waals surface area contributed by atoms with E-state index < -0.39 is 17.9 Å². The summed E-state index contributed by atoms with van der Waals surface area (Å²) in [5.74, 6) is -2.66. The molecule has 0 fully saturated rings. The number of allylic oxidation sites excluding steroid dienone is 1. The Bertz CT molecular complexity index is 542. The zero-order valence-corrected chi connectivity index (χ0v) is 14.5. The van der Waals surface area contributed by atoms with Gasteiger partial charge in [0.2, 0.25) is 0 Å². The average molecular weight is 338 g/mol. The minimum atomic E-state index is -1.18. The molecule has 0 aliphatic carbocycles. The molecule has 0 saturated carbocycles. The summed E-state index contributed by atoms with van der Waals surface area (Å²) in [6.07, 6.45) is 2.32. The summed E-state index contributed by atoms with van der Waals surface area (Å²) in [6.45, 7) is 5.53. The molecule has 0 aromatic carbocycles. The van der Waals surface area contributed by atoms with E-state index >= 15 is 0 Å². The maximum Gasteiger partial charge on any atom is 0.324 e. The second kappa shape index (κ2) is 9.94. The predicted molar refractivity (Wildman–Crippen MR) is 88.4 cm³/mol. The molecule has 1 rings (SSSR count). The Labute approximate surface area is 140 Å². The van der Waals surface area contributed by atoms with Crippen LogP contribution in [0.15, 0.2) is 29.2 Å². The number of hydrogen-bond donors (Lipinski definition) is 0. The SMILES string of the molecule is CC/C=C(\CC(=O)c1cccs1)C(C(=O)OCC)C(=O)OCC. The van der Waals surface area contributed by atoms with E-state index in [1.54, 1.807) is 32.1 Å². The second-order valence-corrected chi connectivity index (χ2v) is 5.65. The number of carbonyl (C=O) groups is 3. The van der Waals surface area contributed by atoms with Crippen LogP contribution in [0.2, 0.25) is 0 Å². The fourth-order valence-electron chi connectivity index (χ4n) is 2.11. The highest BCUT2D eigenvalue weighted by atomic mass is 32.1. The van der Waals surface area contributed by atoms with Crippen molar-refractivity contribution >= 4 is 29.1 Å². The van der Waals surface area contributed by atoms with Crippen LogP contribution in [0.4, 0.5) is 0 Å². The van der Waals surface area contributed by atoms with Crippen molar-refractivity contribution in [3.05, 3.63) is 34.0 Å². The number of Topliss-reactive ketones (excluding diaryl/α,β-unsaturated/α-hetero) is 1. The molecule has 5 nitrogen and oxygen atoms in total. The van der Waals surface area contributed by atoms with Crippen molar-refractivity contribution in [2.45, 2.75) is 33.6 Å². The van der Waals surface area contributed by atoms with Crippen molar-refractivity contribution in [2.75, 3.05) is 13.2 Å². The summed E-state index contributed by atoms with van der Waals surface area (Å²) in [7, 11) is 0. The van der Waals surface area contributed by atoms with E-state index in [1.165, 1.54) is 11.3 Å². The molecule has 23 heavy (non-hydrogen) atoms. The van der Waals surface area contributed by atoms with E-state index in [0.29, 0.717) is 16.9 Å². The van der Waals surface area contributed by atoms with E-state index in [2.05, 4.69) is 0 Å². The summed E-state index contributed by atoms with van der Waals surface area (Å²) in [6, 6.07) is 3.51. The van der Waals surface area contributed by atoms with Crippen molar-refractivity contribution in [3.8, 4) is 0 Å². The molecule has 0 aliphatic rings. The van der Waals surface area contributed by atoms with Gasteiger partial charge in [-0.3, -0.25) is 14.4 Å². The third-order valence-corrected chi connectivity index (χ3v) is 3.95. The highest BCUT2D eigenvalue weighted by Crippen LogP contribution is 2.23. The highest BCUT2D eigenvalue weighted by Gasteiger charge is 2.34. The van der Waals surface area contributed by atoms with Crippen molar-refractivity contribution in [3.63, 3.8) is 0 Å². The molecule has 0 unspecified atom stereocenters. The molecule has 1 heterocycles. The maximum atomic E-state index is 12.3. The summed E-state index contributed by atoms with van der Waals surface area (Å²) < 4.78 is 9.96. The van der Waals surface area contributed by atoms with Gasteiger partial charge >= 0.3 is 11.9 Å². The Hall–Kier alpha value is -1.95. The fourth-order valence-corrected chi connectivity index (χ4v) is 2.78. The van der Waals surface area contributed by atoms with Crippen LogP contribution in [0.5, 0.6) is 0 Å². The van der Waals surface area contributed by atoms with Crippen LogP contribution in [0.1, 0.15) is 43.3 Å². The zero-order valence-electron chi connectivity index (χ0n) is 13.7. The second-order valence-electron chi connectivity index (χ2n) is 4.70. The lowest BCUT2D eigenvalue weighted by Gasteiger charge is -2.17. The lowest BCUT2D eigenvalue weighted by atomic mass is 9.93. The monoisotopic (exact) mass is 338 g/mol. The molecular formula is C17H22O5S. The number of hydrogen-bond acceptors (Lipinski definition) is 6. The first-order chi connectivity index (χ1) is 11.0. The first-order valence-corrected chi connectivity index (χ1v) is 8.51. The Morgan fingerprint density at radius 2 is 1.74 bits per heavy atom. The van der Waals surface area contributed by atoms with Crippen molar-refractivity contribution in [1.29, 1.82) is 0 Å². The van der Waals surface area contributed by atoms with E-state index in [9.17, 15) is 14.4 Å². The number of esters is 2. The molecule has 0 radical (unpaired) electrons. The van der Waals surface area contributed by atoms with Gasteiger partial charge in [-0.25, -0.2) is 0 Å². The molecule has 0 N–H and O–H groups in total. The van der Waals surface area contributed by atoms with E-state index in [-0.39, 0.29) is 25.4 Å². The number of ether oxygens (including phenoxy) is 2. The highest BCUT2D eigenvalue weighted by molar-refractivity contribution is 7.12. The minimum Gasteiger partial charge on any atom is -0.465 e.